The van der Waals surface area contributed by atoms with Crippen LogP contribution in [-0.4, -0.2) is 45.0 Å². The van der Waals surface area contributed by atoms with Gasteiger partial charge in [-0.3, -0.25) is 9.59 Å². The van der Waals surface area contributed by atoms with Gasteiger partial charge in [0.25, 0.3) is 5.91 Å². The minimum absolute atomic E-state index is 0.0900. The highest BCUT2D eigenvalue weighted by Gasteiger charge is 2.21. The molecule has 0 aliphatic carbocycles. The molecule has 1 aliphatic heterocycles. The SMILES string of the molecule is CNS(=O)(=O)Cc1ccc(CNC(=O)C2=NN(C)C(=O)CC2)cc1. The average Bonchev–Trinajstić information content (AvgIpc) is 2.56. The zero-order valence-electron chi connectivity index (χ0n) is 13.6. The van der Waals surface area contributed by atoms with Crippen LogP contribution in [0.15, 0.2) is 29.4 Å². The van der Waals surface area contributed by atoms with Crippen LogP contribution in [-0.2, 0) is 31.9 Å². The Kier molecular flexibility index (Phi) is 5.68. The van der Waals surface area contributed by atoms with Gasteiger partial charge < -0.3 is 5.32 Å². The molecule has 0 unspecified atom stereocenters. The quantitative estimate of drug-likeness (QED) is 0.749. The molecular weight excluding hydrogens is 332 g/mol. The maximum Gasteiger partial charge on any atom is 0.267 e. The van der Waals surface area contributed by atoms with Gasteiger partial charge in [0.1, 0.15) is 5.71 Å². The van der Waals surface area contributed by atoms with Crippen molar-refractivity contribution in [2.24, 2.45) is 5.10 Å². The number of sulfonamides is 1. The Morgan fingerprint density at radius 3 is 2.42 bits per heavy atom. The topological polar surface area (TPSA) is 108 Å². The molecule has 0 bridgehead atoms. The lowest BCUT2D eigenvalue weighted by Crippen LogP contribution is -2.37. The lowest BCUT2D eigenvalue weighted by molar-refractivity contribution is -0.130. The van der Waals surface area contributed by atoms with Gasteiger partial charge in [-0.2, -0.15) is 5.10 Å². The lowest BCUT2D eigenvalue weighted by atomic mass is 10.1. The number of carbonyl (C=O) groups excluding carboxylic acids is 2. The monoisotopic (exact) mass is 352 g/mol. The first-order chi connectivity index (χ1) is 11.3. The third kappa shape index (κ3) is 4.87. The Labute approximate surface area is 141 Å². The maximum absolute atomic E-state index is 12.0. The van der Waals surface area contributed by atoms with E-state index in [1.165, 1.54) is 19.1 Å². The summed E-state index contributed by atoms with van der Waals surface area (Å²) in [6.07, 6.45) is 0.604. The molecule has 2 N–H and O–H groups in total. The summed E-state index contributed by atoms with van der Waals surface area (Å²) < 4.78 is 25.2. The molecule has 0 saturated carbocycles. The van der Waals surface area contributed by atoms with Gasteiger partial charge in [-0.05, 0) is 18.2 Å². The van der Waals surface area contributed by atoms with Crippen LogP contribution < -0.4 is 10.0 Å². The van der Waals surface area contributed by atoms with Gasteiger partial charge in [-0.1, -0.05) is 24.3 Å². The number of hydrogen-bond donors (Lipinski definition) is 2. The number of nitrogens with one attached hydrogen (secondary N) is 2. The van der Waals surface area contributed by atoms with Crippen molar-refractivity contribution in [3.05, 3.63) is 35.4 Å². The van der Waals surface area contributed by atoms with Crippen LogP contribution in [0.2, 0.25) is 0 Å². The fourth-order valence-electron chi connectivity index (χ4n) is 2.16. The smallest absolute Gasteiger partial charge is 0.267 e. The number of rotatable bonds is 6. The zero-order chi connectivity index (χ0) is 17.7. The molecule has 0 aromatic heterocycles. The summed E-state index contributed by atoms with van der Waals surface area (Å²) in [7, 11) is -0.409. The van der Waals surface area contributed by atoms with Crippen LogP contribution in [0.3, 0.4) is 0 Å². The average molecular weight is 352 g/mol. The third-order valence-corrected chi connectivity index (χ3v) is 4.95. The Morgan fingerprint density at radius 2 is 1.83 bits per heavy atom. The molecule has 1 heterocycles. The van der Waals surface area contributed by atoms with E-state index in [4.69, 9.17) is 0 Å². The van der Waals surface area contributed by atoms with Gasteiger partial charge in [0.15, 0.2) is 0 Å². The third-order valence-electron chi connectivity index (χ3n) is 3.61. The lowest BCUT2D eigenvalue weighted by Gasteiger charge is -2.18. The molecule has 2 amide bonds. The van der Waals surface area contributed by atoms with Gasteiger partial charge in [0, 0.05) is 26.4 Å². The van der Waals surface area contributed by atoms with Crippen LogP contribution in [0.1, 0.15) is 24.0 Å². The van der Waals surface area contributed by atoms with E-state index in [-0.39, 0.29) is 24.0 Å². The molecule has 0 spiro atoms. The van der Waals surface area contributed by atoms with E-state index in [1.54, 1.807) is 24.3 Å². The summed E-state index contributed by atoms with van der Waals surface area (Å²) >= 11 is 0. The molecule has 130 valence electrons. The second-order valence-electron chi connectivity index (χ2n) is 5.43. The highest BCUT2D eigenvalue weighted by Crippen LogP contribution is 2.09. The molecule has 9 heteroatoms. The van der Waals surface area contributed by atoms with Crippen LogP contribution in [0, 0.1) is 0 Å². The first kappa shape index (κ1) is 18.1. The molecule has 0 fully saturated rings. The normalized spacial score (nSPS) is 15.2. The van der Waals surface area contributed by atoms with Gasteiger partial charge in [-0.15, -0.1) is 0 Å². The maximum atomic E-state index is 12.0. The molecule has 2 rings (SSSR count). The first-order valence-corrected chi connectivity index (χ1v) is 9.07. The van der Waals surface area contributed by atoms with E-state index in [9.17, 15) is 18.0 Å². The van der Waals surface area contributed by atoms with Crippen molar-refractivity contribution in [1.29, 1.82) is 0 Å². The van der Waals surface area contributed by atoms with Crippen molar-refractivity contribution < 1.29 is 18.0 Å². The summed E-state index contributed by atoms with van der Waals surface area (Å²) in [5, 5.41) is 7.87. The number of hydrogen-bond acceptors (Lipinski definition) is 5. The fraction of sp³-hybridized carbons (Fsp3) is 0.400. The van der Waals surface area contributed by atoms with E-state index >= 15 is 0 Å². The van der Waals surface area contributed by atoms with E-state index in [2.05, 4.69) is 15.1 Å². The van der Waals surface area contributed by atoms with E-state index in [1.807, 2.05) is 0 Å². The predicted molar refractivity (Wildman–Crippen MR) is 89.4 cm³/mol. The second-order valence-corrected chi connectivity index (χ2v) is 7.35. The molecule has 1 aromatic carbocycles. The number of nitrogens with zero attached hydrogens (tertiary/aromatic N) is 2. The van der Waals surface area contributed by atoms with Gasteiger partial charge in [-0.25, -0.2) is 18.1 Å². The van der Waals surface area contributed by atoms with Crippen LogP contribution in [0.25, 0.3) is 0 Å². The molecule has 1 aliphatic rings. The molecule has 0 radical (unpaired) electrons. The first-order valence-electron chi connectivity index (χ1n) is 7.42. The van der Waals surface area contributed by atoms with Crippen molar-refractivity contribution in [3.8, 4) is 0 Å². The van der Waals surface area contributed by atoms with E-state index in [0.29, 0.717) is 24.2 Å². The Balaban J connectivity index is 1.92. The van der Waals surface area contributed by atoms with Crippen molar-refractivity contribution in [3.63, 3.8) is 0 Å². The van der Waals surface area contributed by atoms with Crippen molar-refractivity contribution in [1.82, 2.24) is 15.0 Å². The molecule has 8 nitrogen and oxygen atoms in total. The minimum Gasteiger partial charge on any atom is -0.347 e. The fourth-order valence-corrected chi connectivity index (χ4v) is 2.94. The summed E-state index contributed by atoms with van der Waals surface area (Å²) in [6, 6.07) is 6.94. The van der Waals surface area contributed by atoms with E-state index < -0.39 is 10.0 Å². The number of amides is 2. The molecule has 0 saturated heterocycles. The summed E-state index contributed by atoms with van der Waals surface area (Å²) in [5.41, 5.74) is 1.83. The number of carbonyl (C=O) groups is 2. The zero-order valence-corrected chi connectivity index (χ0v) is 14.4. The molecule has 0 atom stereocenters. The van der Waals surface area contributed by atoms with Crippen LogP contribution >= 0.6 is 0 Å². The van der Waals surface area contributed by atoms with Crippen molar-refractivity contribution >= 4 is 27.5 Å². The number of benzene rings is 1. The standard InChI is InChI=1S/C15H20N4O4S/c1-16-24(22,23)10-12-5-3-11(4-6-12)9-17-15(21)13-7-8-14(20)19(2)18-13/h3-6,16H,7-10H2,1-2H3,(H,17,21). The Hall–Kier alpha value is -2.26. The predicted octanol–water partition coefficient (Wildman–Crippen LogP) is -0.0398. The van der Waals surface area contributed by atoms with Gasteiger partial charge in [0.2, 0.25) is 15.9 Å². The Bertz CT molecular complexity index is 756. The number of hydrazone groups is 1. The second kappa shape index (κ2) is 7.54. The molecule has 1 aromatic rings. The van der Waals surface area contributed by atoms with E-state index in [0.717, 1.165) is 5.56 Å². The summed E-state index contributed by atoms with van der Waals surface area (Å²) in [5.74, 6) is -0.511. The van der Waals surface area contributed by atoms with Crippen LogP contribution in [0.4, 0.5) is 0 Å². The summed E-state index contributed by atoms with van der Waals surface area (Å²) in [6.45, 7) is 0.300. The van der Waals surface area contributed by atoms with Crippen LogP contribution in [0.5, 0.6) is 0 Å². The highest BCUT2D eigenvalue weighted by atomic mass is 32.2. The van der Waals surface area contributed by atoms with Gasteiger partial charge >= 0.3 is 0 Å². The molecule has 24 heavy (non-hydrogen) atoms. The largest absolute Gasteiger partial charge is 0.347 e. The van der Waals surface area contributed by atoms with Crippen molar-refractivity contribution in [2.45, 2.75) is 25.1 Å². The minimum atomic E-state index is -3.30. The van der Waals surface area contributed by atoms with Crippen molar-refractivity contribution in [2.75, 3.05) is 14.1 Å². The molecular formula is C15H20N4O4S. The highest BCUT2D eigenvalue weighted by molar-refractivity contribution is 7.88. The summed E-state index contributed by atoms with van der Waals surface area (Å²) in [4.78, 5) is 23.4. The Morgan fingerprint density at radius 1 is 1.21 bits per heavy atom. The van der Waals surface area contributed by atoms with Gasteiger partial charge in [0.05, 0.1) is 5.75 Å².